The molecule has 1 unspecified atom stereocenters. The lowest BCUT2D eigenvalue weighted by atomic mass is 9.94. The van der Waals surface area contributed by atoms with Gasteiger partial charge in [0.25, 0.3) is 0 Å². The number of hydrogen-bond donors (Lipinski definition) is 1. The number of benzene rings is 1. The lowest BCUT2D eigenvalue weighted by Crippen LogP contribution is -2.51. The third-order valence-electron chi connectivity index (χ3n) is 2.79. The van der Waals surface area contributed by atoms with E-state index in [9.17, 15) is 8.42 Å². The first-order valence-electron chi connectivity index (χ1n) is 4.90. The van der Waals surface area contributed by atoms with Crippen molar-refractivity contribution in [3.8, 4) is 6.07 Å². The maximum atomic E-state index is 12.0. The number of fused-ring (bicyclic) bond motifs is 1. The van der Waals surface area contributed by atoms with Crippen LogP contribution in [-0.2, 0) is 15.4 Å². The minimum absolute atomic E-state index is 0.255. The van der Waals surface area contributed by atoms with E-state index in [4.69, 9.17) is 5.26 Å². The summed E-state index contributed by atoms with van der Waals surface area (Å²) in [6, 6.07) is 8.59. The van der Waals surface area contributed by atoms with Crippen molar-refractivity contribution in [2.75, 3.05) is 0 Å². The first-order chi connectivity index (χ1) is 7.39. The summed E-state index contributed by atoms with van der Waals surface area (Å²) in [7, 11) is -3.58. The van der Waals surface area contributed by atoms with Crippen molar-refractivity contribution in [2.45, 2.75) is 29.7 Å². The maximum absolute atomic E-state index is 12.0. The second-order valence-corrected chi connectivity index (χ2v) is 6.32. The molecule has 1 aliphatic rings. The first-order valence-corrected chi connectivity index (χ1v) is 6.45. The summed E-state index contributed by atoms with van der Waals surface area (Å²) in [5, 5.41) is 10.6. The molecule has 0 amide bonds. The zero-order valence-electron chi connectivity index (χ0n) is 9.06. The molecule has 5 heteroatoms. The Morgan fingerprint density at radius 1 is 1.38 bits per heavy atom. The predicted molar refractivity (Wildman–Crippen MR) is 59.2 cm³/mol. The van der Waals surface area contributed by atoms with E-state index in [-0.39, 0.29) is 4.90 Å². The highest BCUT2D eigenvalue weighted by Gasteiger charge is 2.41. The van der Waals surface area contributed by atoms with Gasteiger partial charge in [-0.15, -0.1) is 0 Å². The number of sulfone groups is 1. The first kappa shape index (κ1) is 11.1. The van der Waals surface area contributed by atoms with Crippen LogP contribution < -0.4 is 5.32 Å². The molecule has 1 atom stereocenters. The fourth-order valence-electron chi connectivity index (χ4n) is 1.94. The number of nitrogens with zero attached hydrogens (tertiary/aromatic N) is 1. The summed E-state index contributed by atoms with van der Waals surface area (Å²) in [6.45, 7) is 3.73. The Bertz CT molecular complexity index is 570. The Hall–Kier alpha value is -1.38. The normalized spacial score (nSPS) is 25.4. The summed E-state index contributed by atoms with van der Waals surface area (Å²) in [6.07, 6.45) is 0. The average Bonchev–Trinajstić information content (AvgIpc) is 2.24. The van der Waals surface area contributed by atoms with Crippen molar-refractivity contribution in [3.05, 3.63) is 29.8 Å². The van der Waals surface area contributed by atoms with Gasteiger partial charge < -0.3 is 0 Å². The van der Waals surface area contributed by atoms with Crippen molar-refractivity contribution >= 4 is 9.84 Å². The smallest absolute Gasteiger partial charge is 0.208 e. The van der Waals surface area contributed by atoms with E-state index in [0.717, 1.165) is 0 Å². The third kappa shape index (κ3) is 1.42. The Balaban J connectivity index is 2.77. The largest absolute Gasteiger partial charge is 0.280 e. The van der Waals surface area contributed by atoms with Crippen molar-refractivity contribution < 1.29 is 8.42 Å². The van der Waals surface area contributed by atoms with Crippen LogP contribution in [0.3, 0.4) is 0 Å². The number of rotatable bonds is 0. The van der Waals surface area contributed by atoms with E-state index in [2.05, 4.69) is 5.32 Å². The van der Waals surface area contributed by atoms with Crippen molar-refractivity contribution in [1.29, 1.82) is 5.26 Å². The molecule has 0 fully saturated rings. The molecule has 0 saturated carbocycles. The van der Waals surface area contributed by atoms with Gasteiger partial charge in [-0.25, -0.2) is 8.42 Å². The Labute approximate surface area is 94.8 Å². The van der Waals surface area contributed by atoms with Gasteiger partial charge in [0.15, 0.2) is 0 Å². The average molecular weight is 236 g/mol. The third-order valence-corrected chi connectivity index (χ3v) is 4.60. The van der Waals surface area contributed by atoms with Crippen LogP contribution in [0, 0.1) is 11.3 Å². The van der Waals surface area contributed by atoms with Crippen molar-refractivity contribution in [2.24, 2.45) is 0 Å². The number of nitrogens with one attached hydrogen (secondary N) is 1. The molecule has 0 radical (unpaired) electrons. The van der Waals surface area contributed by atoms with Crippen LogP contribution in [0.4, 0.5) is 0 Å². The van der Waals surface area contributed by atoms with E-state index >= 15 is 0 Å². The monoisotopic (exact) mass is 236 g/mol. The molecule has 0 bridgehead atoms. The maximum Gasteiger partial charge on any atom is 0.208 e. The minimum atomic E-state index is -3.58. The standard InChI is InChI=1S/C11H12N2O2S/c1-11(2)8-5-3-4-6-9(8)16(14,15)10(7-12)13-11/h3-6,10,13H,1-2H3. The van der Waals surface area contributed by atoms with Crippen molar-refractivity contribution in [3.63, 3.8) is 0 Å². The van der Waals surface area contributed by atoms with Gasteiger partial charge in [0.1, 0.15) is 0 Å². The molecule has 4 nitrogen and oxygen atoms in total. The summed E-state index contributed by atoms with van der Waals surface area (Å²) in [5.74, 6) is 0. The van der Waals surface area contributed by atoms with Crippen LogP contribution in [0.2, 0.25) is 0 Å². The molecular formula is C11H12N2O2S. The predicted octanol–water partition coefficient (Wildman–Crippen LogP) is 1.15. The van der Waals surface area contributed by atoms with Crippen LogP contribution in [0.5, 0.6) is 0 Å². The molecule has 0 aromatic heterocycles. The summed E-state index contributed by atoms with van der Waals surface area (Å²) < 4.78 is 24.1. The second-order valence-electron chi connectivity index (χ2n) is 4.32. The molecule has 1 heterocycles. The highest BCUT2D eigenvalue weighted by Crippen LogP contribution is 2.34. The van der Waals surface area contributed by atoms with Crippen LogP contribution in [0.25, 0.3) is 0 Å². The SMILES string of the molecule is CC1(C)NC(C#N)S(=O)(=O)c2ccccc21. The van der Waals surface area contributed by atoms with Gasteiger partial charge in [-0.2, -0.15) is 5.26 Å². The second kappa shape index (κ2) is 3.30. The van der Waals surface area contributed by atoms with Gasteiger partial charge in [0.05, 0.1) is 11.0 Å². The summed E-state index contributed by atoms with van der Waals surface area (Å²) in [5.41, 5.74) is 0.198. The zero-order valence-corrected chi connectivity index (χ0v) is 9.88. The molecule has 1 N–H and O–H groups in total. The van der Waals surface area contributed by atoms with Crippen LogP contribution in [0.1, 0.15) is 19.4 Å². The van der Waals surface area contributed by atoms with Crippen molar-refractivity contribution in [1.82, 2.24) is 5.32 Å². The van der Waals surface area contributed by atoms with E-state index in [1.165, 1.54) is 0 Å². The Morgan fingerprint density at radius 3 is 2.62 bits per heavy atom. The Kier molecular flexibility index (Phi) is 2.30. The zero-order chi connectivity index (χ0) is 12.0. The van der Waals surface area contributed by atoms with E-state index in [1.54, 1.807) is 30.3 Å². The lowest BCUT2D eigenvalue weighted by Gasteiger charge is -2.35. The molecule has 0 spiro atoms. The molecule has 0 saturated heterocycles. The fourth-order valence-corrected chi connectivity index (χ4v) is 3.68. The summed E-state index contributed by atoms with van der Waals surface area (Å²) in [4.78, 5) is 0.255. The van der Waals surface area contributed by atoms with Gasteiger partial charge in [0.2, 0.25) is 15.2 Å². The lowest BCUT2D eigenvalue weighted by molar-refractivity contribution is 0.384. The van der Waals surface area contributed by atoms with E-state index in [0.29, 0.717) is 5.56 Å². The van der Waals surface area contributed by atoms with Gasteiger partial charge in [-0.05, 0) is 25.5 Å². The highest BCUT2D eigenvalue weighted by molar-refractivity contribution is 7.92. The van der Waals surface area contributed by atoms with Gasteiger partial charge in [-0.3, -0.25) is 5.32 Å². The highest BCUT2D eigenvalue weighted by atomic mass is 32.2. The molecule has 1 aromatic rings. The number of nitriles is 1. The van der Waals surface area contributed by atoms with E-state index < -0.39 is 20.8 Å². The van der Waals surface area contributed by atoms with Gasteiger partial charge in [0, 0.05) is 5.54 Å². The van der Waals surface area contributed by atoms with Crippen LogP contribution >= 0.6 is 0 Å². The molecule has 16 heavy (non-hydrogen) atoms. The van der Waals surface area contributed by atoms with E-state index in [1.807, 2.05) is 13.8 Å². The fraction of sp³-hybridized carbons (Fsp3) is 0.364. The molecule has 1 aliphatic heterocycles. The quantitative estimate of drug-likeness (QED) is 0.733. The molecule has 0 aliphatic carbocycles. The van der Waals surface area contributed by atoms with Crippen LogP contribution in [0.15, 0.2) is 29.2 Å². The molecule has 84 valence electrons. The van der Waals surface area contributed by atoms with Gasteiger partial charge >= 0.3 is 0 Å². The Morgan fingerprint density at radius 2 is 2.00 bits per heavy atom. The van der Waals surface area contributed by atoms with Gasteiger partial charge in [-0.1, -0.05) is 18.2 Å². The minimum Gasteiger partial charge on any atom is -0.280 e. The van der Waals surface area contributed by atoms with Crippen LogP contribution in [-0.4, -0.2) is 13.8 Å². The number of hydrogen-bond acceptors (Lipinski definition) is 4. The summed E-state index contributed by atoms with van der Waals surface area (Å²) >= 11 is 0. The molecular weight excluding hydrogens is 224 g/mol. The molecule has 2 rings (SSSR count). The topological polar surface area (TPSA) is 70.0 Å². The molecule has 1 aromatic carbocycles.